The first-order valence-corrected chi connectivity index (χ1v) is 10.7. The normalized spacial score (nSPS) is 11.6. The summed E-state index contributed by atoms with van der Waals surface area (Å²) < 4.78 is 2.92. The van der Waals surface area contributed by atoms with E-state index in [4.69, 9.17) is 0 Å². The van der Waals surface area contributed by atoms with Crippen molar-refractivity contribution in [2.45, 2.75) is 70.3 Å². The van der Waals surface area contributed by atoms with Crippen molar-refractivity contribution in [1.82, 2.24) is 4.72 Å². The molecular formula is C24H30N2O2S. The van der Waals surface area contributed by atoms with Crippen molar-refractivity contribution in [3.8, 4) is 6.07 Å². The molecule has 0 bridgehead atoms. The smallest absolute Gasteiger partial charge is 0.234 e. The van der Waals surface area contributed by atoms with Gasteiger partial charge in [0.2, 0.25) is 5.91 Å². The number of rotatable bonds is 7. The van der Waals surface area contributed by atoms with Crippen LogP contribution in [0.15, 0.2) is 41.3 Å². The maximum Gasteiger partial charge on any atom is 0.234 e. The molecule has 0 fully saturated rings. The zero-order valence-corrected chi connectivity index (χ0v) is 18.9. The second-order valence-electron chi connectivity index (χ2n) is 8.44. The predicted molar refractivity (Wildman–Crippen MR) is 119 cm³/mol. The SMILES string of the molecule is CC(C)c1cc(C#N)cc(C(C)C)c1CC(=O)NSc1ccc(C(C)(C)O)cc1. The third kappa shape index (κ3) is 6.09. The maximum atomic E-state index is 12.7. The van der Waals surface area contributed by atoms with Crippen LogP contribution in [0.25, 0.3) is 0 Å². The molecule has 0 radical (unpaired) electrons. The second-order valence-corrected chi connectivity index (χ2v) is 9.32. The summed E-state index contributed by atoms with van der Waals surface area (Å²) in [5.41, 5.74) is 3.72. The Morgan fingerprint density at radius 3 is 2.03 bits per heavy atom. The van der Waals surface area contributed by atoms with Crippen LogP contribution in [0.2, 0.25) is 0 Å². The highest BCUT2D eigenvalue weighted by molar-refractivity contribution is 7.98. The van der Waals surface area contributed by atoms with Crippen molar-refractivity contribution in [2.75, 3.05) is 0 Å². The van der Waals surface area contributed by atoms with E-state index in [9.17, 15) is 15.2 Å². The van der Waals surface area contributed by atoms with Gasteiger partial charge in [-0.3, -0.25) is 9.52 Å². The number of nitrogens with one attached hydrogen (secondary N) is 1. The van der Waals surface area contributed by atoms with Gasteiger partial charge in [-0.2, -0.15) is 5.26 Å². The molecule has 154 valence electrons. The first-order chi connectivity index (χ1) is 13.5. The lowest BCUT2D eigenvalue weighted by atomic mass is 9.85. The average molecular weight is 411 g/mol. The molecular weight excluding hydrogens is 380 g/mol. The number of carbonyl (C=O) groups excluding carboxylic acids is 1. The Bertz CT molecular complexity index is 875. The van der Waals surface area contributed by atoms with Gasteiger partial charge in [0.15, 0.2) is 0 Å². The molecule has 0 aliphatic rings. The zero-order chi connectivity index (χ0) is 21.8. The molecule has 2 aromatic rings. The van der Waals surface area contributed by atoms with E-state index in [-0.39, 0.29) is 24.2 Å². The van der Waals surface area contributed by atoms with Crippen LogP contribution in [0.1, 0.15) is 81.2 Å². The minimum Gasteiger partial charge on any atom is -0.386 e. The first-order valence-electron chi connectivity index (χ1n) is 9.88. The topological polar surface area (TPSA) is 73.1 Å². The van der Waals surface area contributed by atoms with E-state index in [0.29, 0.717) is 5.56 Å². The summed E-state index contributed by atoms with van der Waals surface area (Å²) in [6.07, 6.45) is 0.279. The third-order valence-electron chi connectivity index (χ3n) is 4.87. The molecule has 1 amide bonds. The molecule has 2 N–H and O–H groups in total. The van der Waals surface area contributed by atoms with Crippen LogP contribution in [0, 0.1) is 11.3 Å². The minimum atomic E-state index is -0.886. The van der Waals surface area contributed by atoms with Crippen LogP contribution in [-0.4, -0.2) is 11.0 Å². The van der Waals surface area contributed by atoms with Crippen molar-refractivity contribution >= 4 is 17.9 Å². The van der Waals surface area contributed by atoms with E-state index in [1.54, 1.807) is 13.8 Å². The van der Waals surface area contributed by atoms with Gasteiger partial charge in [0.1, 0.15) is 0 Å². The Morgan fingerprint density at radius 2 is 1.62 bits per heavy atom. The molecule has 0 spiro atoms. The van der Waals surface area contributed by atoms with Crippen LogP contribution < -0.4 is 4.72 Å². The summed E-state index contributed by atoms with van der Waals surface area (Å²) in [6.45, 7) is 11.8. The van der Waals surface area contributed by atoms with Gasteiger partial charge in [0.05, 0.1) is 23.7 Å². The Balaban J connectivity index is 2.17. The quantitative estimate of drug-likeness (QED) is 0.600. The molecule has 0 aliphatic heterocycles. The van der Waals surface area contributed by atoms with Crippen molar-refractivity contribution in [3.05, 3.63) is 64.2 Å². The van der Waals surface area contributed by atoms with Gasteiger partial charge in [-0.25, -0.2) is 0 Å². The Labute approximate surface area is 178 Å². The molecule has 0 atom stereocenters. The lowest BCUT2D eigenvalue weighted by molar-refractivity contribution is -0.118. The van der Waals surface area contributed by atoms with E-state index >= 15 is 0 Å². The fraction of sp³-hybridized carbons (Fsp3) is 0.417. The highest BCUT2D eigenvalue weighted by atomic mass is 32.2. The number of carbonyl (C=O) groups is 1. The van der Waals surface area contributed by atoms with Crippen molar-refractivity contribution in [1.29, 1.82) is 5.26 Å². The molecule has 0 saturated carbocycles. The highest BCUT2D eigenvalue weighted by Crippen LogP contribution is 2.30. The summed E-state index contributed by atoms with van der Waals surface area (Å²) in [5, 5.41) is 19.4. The number of benzene rings is 2. The molecule has 0 aliphatic carbocycles. The third-order valence-corrected chi connectivity index (χ3v) is 5.71. The molecule has 0 aromatic heterocycles. The van der Waals surface area contributed by atoms with Gasteiger partial charge in [0, 0.05) is 4.90 Å². The number of nitriles is 1. The number of hydrogen-bond donors (Lipinski definition) is 2. The summed E-state index contributed by atoms with van der Waals surface area (Å²) >= 11 is 1.27. The fourth-order valence-electron chi connectivity index (χ4n) is 3.26. The Kier molecular flexibility index (Phi) is 7.51. The molecule has 0 heterocycles. The monoisotopic (exact) mass is 410 g/mol. The zero-order valence-electron chi connectivity index (χ0n) is 18.0. The Morgan fingerprint density at radius 1 is 1.10 bits per heavy atom. The van der Waals surface area contributed by atoms with Crippen LogP contribution in [0.4, 0.5) is 0 Å². The van der Waals surface area contributed by atoms with Gasteiger partial charge in [-0.1, -0.05) is 39.8 Å². The summed E-state index contributed by atoms with van der Waals surface area (Å²) in [4.78, 5) is 13.6. The average Bonchev–Trinajstić information content (AvgIpc) is 2.65. The molecule has 0 unspecified atom stereocenters. The van der Waals surface area contributed by atoms with Crippen molar-refractivity contribution in [2.24, 2.45) is 0 Å². The van der Waals surface area contributed by atoms with Crippen LogP contribution in [-0.2, 0) is 16.8 Å². The van der Waals surface area contributed by atoms with E-state index in [1.807, 2.05) is 36.4 Å². The van der Waals surface area contributed by atoms with Gasteiger partial charge in [-0.05, 0) is 84.2 Å². The van der Waals surface area contributed by atoms with Gasteiger partial charge in [0.25, 0.3) is 0 Å². The molecule has 29 heavy (non-hydrogen) atoms. The Hall–Kier alpha value is -2.29. The summed E-state index contributed by atoms with van der Waals surface area (Å²) in [7, 11) is 0. The highest BCUT2D eigenvalue weighted by Gasteiger charge is 2.19. The van der Waals surface area contributed by atoms with Crippen LogP contribution in [0.3, 0.4) is 0 Å². The fourth-order valence-corrected chi connectivity index (χ4v) is 3.84. The molecule has 4 nitrogen and oxygen atoms in total. The van der Waals surface area contributed by atoms with Gasteiger partial charge in [-0.15, -0.1) is 0 Å². The van der Waals surface area contributed by atoms with Gasteiger partial charge < -0.3 is 5.11 Å². The van der Waals surface area contributed by atoms with E-state index in [2.05, 4.69) is 38.5 Å². The first kappa shape index (κ1) is 23.0. The summed E-state index contributed by atoms with van der Waals surface area (Å²) in [5.74, 6) is 0.381. The largest absolute Gasteiger partial charge is 0.386 e. The molecule has 2 rings (SSSR count). The number of amides is 1. The standard InChI is InChI=1S/C24H30N2O2S/c1-15(2)20-11-17(14-25)12-21(16(3)4)22(20)13-23(27)26-29-19-9-7-18(8-10-19)24(5,6)28/h7-12,15-16,28H,13H2,1-6H3,(H,26,27). The van der Waals surface area contributed by atoms with Crippen molar-refractivity contribution < 1.29 is 9.90 Å². The molecule has 0 saturated heterocycles. The maximum absolute atomic E-state index is 12.7. The van der Waals surface area contributed by atoms with Crippen molar-refractivity contribution in [3.63, 3.8) is 0 Å². The van der Waals surface area contributed by atoms with Crippen LogP contribution in [0.5, 0.6) is 0 Å². The predicted octanol–water partition coefficient (Wildman–Crippen LogP) is 5.40. The van der Waals surface area contributed by atoms with E-state index in [0.717, 1.165) is 27.1 Å². The van der Waals surface area contributed by atoms with E-state index < -0.39 is 5.60 Å². The number of hydrogen-bond acceptors (Lipinski definition) is 4. The van der Waals surface area contributed by atoms with Gasteiger partial charge >= 0.3 is 0 Å². The number of aliphatic hydroxyl groups is 1. The lowest BCUT2D eigenvalue weighted by Gasteiger charge is -2.20. The summed E-state index contributed by atoms with van der Waals surface area (Å²) in [6, 6.07) is 13.5. The second kappa shape index (κ2) is 9.47. The lowest BCUT2D eigenvalue weighted by Crippen LogP contribution is -2.20. The molecule has 5 heteroatoms. The molecule has 2 aromatic carbocycles. The minimum absolute atomic E-state index is 0.0740. The number of nitrogens with zero attached hydrogens (tertiary/aromatic N) is 1. The van der Waals surface area contributed by atoms with Crippen LogP contribution >= 0.6 is 11.9 Å². The van der Waals surface area contributed by atoms with E-state index in [1.165, 1.54) is 11.9 Å².